The smallest absolute Gasteiger partial charge is 0.320 e. The third-order valence-corrected chi connectivity index (χ3v) is 3.79. The quantitative estimate of drug-likeness (QED) is 0.779. The Morgan fingerprint density at radius 1 is 1.07 bits per heavy atom. The molecule has 0 atom stereocenters. The fourth-order valence-corrected chi connectivity index (χ4v) is 2.25. The first kappa shape index (κ1) is 18.5. The van der Waals surface area contributed by atoms with Crippen LogP contribution in [0.15, 0.2) is 36.8 Å². The number of hydrogen-bond donors (Lipinski definition) is 2. The van der Waals surface area contributed by atoms with Crippen LogP contribution in [0.25, 0.3) is 0 Å². The molecule has 2 heterocycles. The van der Waals surface area contributed by atoms with E-state index in [0.29, 0.717) is 0 Å². The molecule has 27 heavy (non-hydrogen) atoms. The molecule has 1 aliphatic rings. The molecule has 1 fully saturated rings. The fourth-order valence-electron chi connectivity index (χ4n) is 2.25. The van der Waals surface area contributed by atoms with Gasteiger partial charge in [0.15, 0.2) is 0 Å². The molecule has 7 nitrogen and oxygen atoms in total. The normalized spacial score (nSPS) is 13.7. The number of nitrogens with zero attached hydrogens (tertiary/aromatic N) is 2. The standard InChI is InChI=1S/C17H13F3N4O3/c18-17(19,20)14(25)11-4-5-21-8-12(11)23-16(27)10-3-6-22-13(7-10)24-15(26)9-1-2-9/h3-9H,1-2H2,(H,23,27)(H,22,24,26). The zero-order valence-corrected chi connectivity index (χ0v) is 13.7. The van der Waals surface area contributed by atoms with E-state index >= 15 is 0 Å². The zero-order chi connectivity index (χ0) is 19.6. The summed E-state index contributed by atoms with van der Waals surface area (Å²) in [5.74, 6) is -2.98. The summed E-state index contributed by atoms with van der Waals surface area (Å²) in [4.78, 5) is 43.2. The molecule has 2 aromatic rings. The van der Waals surface area contributed by atoms with E-state index in [4.69, 9.17) is 0 Å². The first-order chi connectivity index (χ1) is 12.8. The van der Waals surface area contributed by atoms with E-state index in [2.05, 4.69) is 20.6 Å². The summed E-state index contributed by atoms with van der Waals surface area (Å²) in [6, 6.07) is 3.49. The Kier molecular flexibility index (Phi) is 4.89. The second kappa shape index (κ2) is 7.14. The summed E-state index contributed by atoms with van der Waals surface area (Å²) in [6.45, 7) is 0. The molecule has 3 rings (SSSR count). The molecule has 0 saturated heterocycles. The van der Waals surface area contributed by atoms with E-state index in [-0.39, 0.29) is 28.9 Å². The number of halogens is 3. The van der Waals surface area contributed by atoms with Crippen molar-refractivity contribution in [3.8, 4) is 0 Å². The van der Waals surface area contributed by atoms with E-state index in [1.54, 1.807) is 0 Å². The maximum Gasteiger partial charge on any atom is 0.454 e. The molecule has 0 unspecified atom stereocenters. The van der Waals surface area contributed by atoms with Gasteiger partial charge in [0.1, 0.15) is 5.82 Å². The highest BCUT2D eigenvalue weighted by Gasteiger charge is 2.40. The fraction of sp³-hybridized carbons (Fsp3) is 0.235. The molecule has 1 aliphatic carbocycles. The van der Waals surface area contributed by atoms with Crippen LogP contribution in [0, 0.1) is 5.92 Å². The van der Waals surface area contributed by atoms with Gasteiger partial charge >= 0.3 is 6.18 Å². The van der Waals surface area contributed by atoms with Crippen LogP contribution in [0.2, 0.25) is 0 Å². The van der Waals surface area contributed by atoms with Gasteiger partial charge < -0.3 is 10.6 Å². The van der Waals surface area contributed by atoms with Crippen LogP contribution in [0.4, 0.5) is 24.7 Å². The van der Waals surface area contributed by atoms with Gasteiger partial charge in [0.25, 0.3) is 11.7 Å². The predicted octanol–water partition coefficient (Wildman–Crippen LogP) is 2.82. The van der Waals surface area contributed by atoms with Crippen LogP contribution in [-0.4, -0.2) is 33.7 Å². The number of nitrogens with one attached hydrogen (secondary N) is 2. The van der Waals surface area contributed by atoms with Crippen molar-refractivity contribution in [1.82, 2.24) is 9.97 Å². The molecular weight excluding hydrogens is 365 g/mol. The summed E-state index contributed by atoms with van der Waals surface area (Å²) in [5, 5.41) is 4.80. The Morgan fingerprint density at radius 3 is 2.48 bits per heavy atom. The lowest BCUT2D eigenvalue weighted by Gasteiger charge is -2.12. The van der Waals surface area contributed by atoms with Gasteiger partial charge in [-0.3, -0.25) is 19.4 Å². The first-order valence-corrected chi connectivity index (χ1v) is 7.89. The van der Waals surface area contributed by atoms with Gasteiger partial charge in [-0.1, -0.05) is 0 Å². The summed E-state index contributed by atoms with van der Waals surface area (Å²) in [7, 11) is 0. The second-order valence-electron chi connectivity index (χ2n) is 5.90. The number of carbonyl (C=O) groups is 3. The van der Waals surface area contributed by atoms with Crippen molar-refractivity contribution in [3.05, 3.63) is 47.9 Å². The van der Waals surface area contributed by atoms with E-state index in [1.165, 1.54) is 18.3 Å². The largest absolute Gasteiger partial charge is 0.454 e. The third-order valence-electron chi connectivity index (χ3n) is 3.79. The minimum atomic E-state index is -5.09. The van der Waals surface area contributed by atoms with Crippen molar-refractivity contribution in [3.63, 3.8) is 0 Å². The number of amides is 2. The number of anilines is 2. The molecule has 0 bridgehead atoms. The number of pyridine rings is 2. The van der Waals surface area contributed by atoms with Gasteiger partial charge in [-0.05, 0) is 31.0 Å². The Bertz CT molecular complexity index is 910. The molecule has 2 aromatic heterocycles. The maximum atomic E-state index is 12.7. The third kappa shape index (κ3) is 4.46. The van der Waals surface area contributed by atoms with Crippen molar-refractivity contribution < 1.29 is 27.6 Å². The molecule has 10 heteroatoms. The van der Waals surface area contributed by atoms with Gasteiger partial charge in [-0.25, -0.2) is 4.98 Å². The molecule has 140 valence electrons. The van der Waals surface area contributed by atoms with E-state index in [0.717, 1.165) is 31.3 Å². The molecule has 2 amide bonds. The van der Waals surface area contributed by atoms with E-state index < -0.39 is 23.4 Å². The minimum absolute atomic E-state index is 0.0466. The van der Waals surface area contributed by atoms with Crippen molar-refractivity contribution >= 4 is 29.1 Å². The summed E-state index contributed by atoms with van der Waals surface area (Å²) in [5.41, 5.74) is -1.04. The highest BCUT2D eigenvalue weighted by molar-refractivity contribution is 6.11. The Hall–Kier alpha value is -3.30. The summed E-state index contributed by atoms with van der Waals surface area (Å²) >= 11 is 0. The molecule has 0 aliphatic heterocycles. The van der Waals surface area contributed by atoms with Crippen molar-refractivity contribution in [2.75, 3.05) is 10.6 Å². The highest BCUT2D eigenvalue weighted by Crippen LogP contribution is 2.30. The lowest BCUT2D eigenvalue weighted by atomic mass is 10.1. The average molecular weight is 378 g/mol. The van der Waals surface area contributed by atoms with E-state index in [9.17, 15) is 27.6 Å². The lowest BCUT2D eigenvalue weighted by Crippen LogP contribution is -2.25. The van der Waals surface area contributed by atoms with Gasteiger partial charge in [0, 0.05) is 23.9 Å². The lowest BCUT2D eigenvalue weighted by molar-refractivity contribution is -0.117. The van der Waals surface area contributed by atoms with Crippen LogP contribution in [0.1, 0.15) is 33.6 Å². The van der Waals surface area contributed by atoms with Crippen LogP contribution in [0.3, 0.4) is 0 Å². The van der Waals surface area contributed by atoms with Gasteiger partial charge in [0.05, 0.1) is 17.4 Å². The molecule has 0 spiro atoms. The van der Waals surface area contributed by atoms with Crippen LogP contribution in [-0.2, 0) is 4.79 Å². The van der Waals surface area contributed by atoms with Gasteiger partial charge in [-0.2, -0.15) is 13.2 Å². The highest BCUT2D eigenvalue weighted by atomic mass is 19.4. The van der Waals surface area contributed by atoms with Crippen molar-refractivity contribution in [2.24, 2.45) is 5.92 Å². The van der Waals surface area contributed by atoms with Gasteiger partial charge in [-0.15, -0.1) is 0 Å². The maximum absolute atomic E-state index is 12.7. The minimum Gasteiger partial charge on any atom is -0.320 e. The Balaban J connectivity index is 1.78. The molecule has 2 N–H and O–H groups in total. The number of Topliss-reactive ketones (excluding diaryl/α,β-unsaturated/α-hetero) is 1. The summed E-state index contributed by atoms with van der Waals surface area (Å²) < 4.78 is 38.1. The number of carbonyl (C=O) groups excluding carboxylic acids is 3. The summed E-state index contributed by atoms with van der Waals surface area (Å²) in [6.07, 6.45) is -0.243. The molecular formula is C17H13F3N4O3. The number of rotatable bonds is 5. The van der Waals surface area contributed by atoms with Crippen molar-refractivity contribution in [2.45, 2.75) is 19.0 Å². The second-order valence-corrected chi connectivity index (χ2v) is 5.90. The molecule has 1 saturated carbocycles. The molecule has 0 aromatic carbocycles. The number of ketones is 1. The van der Waals surface area contributed by atoms with Crippen LogP contribution < -0.4 is 10.6 Å². The SMILES string of the molecule is O=C(Nc1cnccc1C(=O)C(F)(F)F)c1ccnc(NC(=O)C2CC2)c1. The predicted molar refractivity (Wildman–Crippen MR) is 88.2 cm³/mol. The monoisotopic (exact) mass is 378 g/mol. The number of hydrogen-bond acceptors (Lipinski definition) is 5. The number of alkyl halides is 3. The zero-order valence-electron chi connectivity index (χ0n) is 13.7. The van der Waals surface area contributed by atoms with Gasteiger partial charge in [0.2, 0.25) is 5.91 Å². The van der Waals surface area contributed by atoms with E-state index in [1.807, 2.05) is 0 Å². The number of aromatic nitrogens is 2. The van der Waals surface area contributed by atoms with Crippen LogP contribution >= 0.6 is 0 Å². The first-order valence-electron chi connectivity index (χ1n) is 7.89. The Labute approximate surface area is 151 Å². The average Bonchev–Trinajstić information content (AvgIpc) is 3.46. The topological polar surface area (TPSA) is 101 Å². The molecule has 0 radical (unpaired) electrons. The van der Waals surface area contributed by atoms with Crippen LogP contribution in [0.5, 0.6) is 0 Å². The Morgan fingerprint density at radius 2 is 1.81 bits per heavy atom. The van der Waals surface area contributed by atoms with Crippen molar-refractivity contribution in [1.29, 1.82) is 0 Å².